The van der Waals surface area contributed by atoms with Gasteiger partial charge in [0, 0.05) is 18.7 Å². The van der Waals surface area contributed by atoms with Crippen LogP contribution < -0.4 is 0 Å². The average molecular weight is 444 g/mol. The highest BCUT2D eigenvalue weighted by Gasteiger charge is 2.27. The van der Waals surface area contributed by atoms with Crippen molar-refractivity contribution >= 4 is 23.1 Å². The van der Waals surface area contributed by atoms with E-state index in [9.17, 15) is 18.4 Å². The maximum atomic E-state index is 14.4. The van der Waals surface area contributed by atoms with E-state index in [0.29, 0.717) is 43.1 Å². The van der Waals surface area contributed by atoms with E-state index in [0.717, 1.165) is 11.6 Å². The molecule has 1 aliphatic heterocycles. The van der Waals surface area contributed by atoms with Crippen molar-refractivity contribution in [2.45, 2.75) is 38.8 Å². The number of carbonyl (C=O) groups excluding carboxylic acids is 1. The summed E-state index contributed by atoms with van der Waals surface area (Å²) in [4.78, 5) is 24.7. The second-order valence-electron chi connectivity index (χ2n) is 8.01. The Bertz CT molecular complexity index is 1190. The minimum Gasteiger partial charge on any atom is -0.478 e. The Labute approximate surface area is 182 Å². The first-order valence-corrected chi connectivity index (χ1v) is 10.3. The number of likely N-dealkylation sites (tertiary alicyclic amines) is 1. The zero-order valence-corrected chi connectivity index (χ0v) is 17.6. The Balaban J connectivity index is 1.55. The third-order valence-corrected chi connectivity index (χ3v) is 5.47. The highest BCUT2D eigenvalue weighted by atomic mass is 19.1. The number of hydrogen-bond acceptors (Lipinski definition) is 5. The molecule has 168 valence electrons. The summed E-state index contributed by atoms with van der Waals surface area (Å²) in [6, 6.07) is 6.52. The van der Waals surface area contributed by atoms with Crippen LogP contribution in [-0.4, -0.2) is 56.3 Å². The van der Waals surface area contributed by atoms with Gasteiger partial charge in [-0.1, -0.05) is 11.3 Å². The fraction of sp³-hybridized carbons (Fsp3) is 0.364. The lowest BCUT2D eigenvalue weighted by Crippen LogP contribution is -2.40. The zero-order valence-electron chi connectivity index (χ0n) is 17.6. The van der Waals surface area contributed by atoms with Crippen LogP contribution in [0.25, 0.3) is 22.2 Å². The Kier molecular flexibility index (Phi) is 5.77. The van der Waals surface area contributed by atoms with Crippen molar-refractivity contribution in [1.29, 1.82) is 0 Å². The maximum Gasteiger partial charge on any atom is 0.410 e. The summed E-state index contributed by atoms with van der Waals surface area (Å²) >= 11 is 0. The van der Waals surface area contributed by atoms with Crippen molar-refractivity contribution in [3.05, 3.63) is 47.5 Å². The lowest BCUT2D eigenvalue weighted by molar-refractivity contribution is 0.0652. The summed E-state index contributed by atoms with van der Waals surface area (Å²) in [5.74, 6) is -3.38. The number of aromatic carboxylic acids is 1. The number of carboxylic acid groups (broad SMARTS) is 1. The highest BCUT2D eigenvalue weighted by molar-refractivity contribution is 5.89. The van der Waals surface area contributed by atoms with Crippen LogP contribution in [0.5, 0.6) is 0 Å². The van der Waals surface area contributed by atoms with E-state index in [1.807, 2.05) is 0 Å². The number of rotatable bonds is 4. The van der Waals surface area contributed by atoms with Gasteiger partial charge in [-0.25, -0.2) is 23.1 Å². The van der Waals surface area contributed by atoms with Gasteiger partial charge in [-0.15, -0.1) is 5.10 Å². The molecular formula is C22H22F2N4O4. The summed E-state index contributed by atoms with van der Waals surface area (Å²) in [5.41, 5.74) is 0.832. The molecular weight excluding hydrogens is 422 g/mol. The predicted octanol–water partition coefficient (Wildman–Crippen LogP) is 4.26. The largest absolute Gasteiger partial charge is 0.478 e. The lowest BCUT2D eigenvalue weighted by atomic mass is 10.0. The molecule has 10 heteroatoms. The number of hydrogen-bond donors (Lipinski definition) is 1. The van der Waals surface area contributed by atoms with Crippen molar-refractivity contribution in [2.75, 3.05) is 13.1 Å². The predicted molar refractivity (Wildman–Crippen MR) is 111 cm³/mol. The van der Waals surface area contributed by atoms with Gasteiger partial charge in [-0.2, -0.15) is 0 Å². The van der Waals surface area contributed by atoms with Gasteiger partial charge in [0.2, 0.25) is 0 Å². The molecule has 1 amide bonds. The fourth-order valence-corrected chi connectivity index (χ4v) is 3.88. The molecule has 1 fully saturated rings. The molecule has 0 radical (unpaired) electrons. The van der Waals surface area contributed by atoms with Crippen LogP contribution in [0, 0.1) is 11.6 Å². The molecule has 0 bridgehead atoms. The van der Waals surface area contributed by atoms with Gasteiger partial charge in [0.05, 0.1) is 23.2 Å². The third-order valence-electron chi connectivity index (χ3n) is 5.47. The van der Waals surface area contributed by atoms with Crippen molar-refractivity contribution in [2.24, 2.45) is 0 Å². The van der Waals surface area contributed by atoms with Crippen molar-refractivity contribution < 1.29 is 28.2 Å². The Morgan fingerprint density at radius 3 is 2.50 bits per heavy atom. The minimum absolute atomic E-state index is 0.0398. The molecule has 1 saturated heterocycles. The van der Waals surface area contributed by atoms with E-state index in [1.165, 1.54) is 0 Å². The smallest absolute Gasteiger partial charge is 0.410 e. The van der Waals surface area contributed by atoms with Crippen LogP contribution in [0.2, 0.25) is 0 Å². The SMILES string of the molecule is CC(C)OC(=O)N1CCC(n2nnc3cc(-c4cc(F)c(C(=O)O)cc4F)ccc32)CC1. The molecule has 0 atom stereocenters. The third kappa shape index (κ3) is 4.12. The second kappa shape index (κ2) is 8.52. The Morgan fingerprint density at radius 2 is 1.84 bits per heavy atom. The Hall–Kier alpha value is -3.56. The number of amides is 1. The number of halogens is 2. The molecule has 0 aliphatic carbocycles. The monoisotopic (exact) mass is 444 g/mol. The van der Waals surface area contributed by atoms with Gasteiger partial charge < -0.3 is 14.7 Å². The van der Waals surface area contributed by atoms with Crippen LogP contribution in [-0.2, 0) is 4.74 Å². The number of aromatic nitrogens is 3. The first-order chi connectivity index (χ1) is 15.2. The molecule has 0 saturated carbocycles. The summed E-state index contributed by atoms with van der Waals surface area (Å²) in [6.45, 7) is 4.69. The van der Waals surface area contributed by atoms with Crippen LogP contribution in [0.1, 0.15) is 43.1 Å². The van der Waals surface area contributed by atoms with Gasteiger partial charge in [0.25, 0.3) is 0 Å². The van der Waals surface area contributed by atoms with Crippen LogP contribution >= 0.6 is 0 Å². The standard InChI is InChI=1S/C22H22F2N4O4/c1-12(2)32-22(31)27-7-5-14(6-8-27)28-20-4-3-13(9-19(20)25-26-28)15-10-18(24)16(21(29)30)11-17(15)23/h3-4,9-12,14H,5-8H2,1-2H3,(H,29,30). The maximum absolute atomic E-state index is 14.4. The highest BCUT2D eigenvalue weighted by Crippen LogP contribution is 2.30. The summed E-state index contributed by atoms with van der Waals surface area (Å²) in [5, 5.41) is 17.4. The van der Waals surface area contributed by atoms with E-state index in [2.05, 4.69) is 10.3 Å². The number of carbonyl (C=O) groups is 2. The summed E-state index contributed by atoms with van der Waals surface area (Å²) in [7, 11) is 0. The number of benzene rings is 2. The van der Waals surface area contributed by atoms with E-state index in [-0.39, 0.29) is 23.8 Å². The van der Waals surface area contributed by atoms with E-state index >= 15 is 0 Å². The molecule has 32 heavy (non-hydrogen) atoms. The number of fused-ring (bicyclic) bond motifs is 1. The van der Waals surface area contributed by atoms with Gasteiger partial charge in [-0.3, -0.25) is 0 Å². The zero-order chi connectivity index (χ0) is 23.0. The Morgan fingerprint density at radius 1 is 1.12 bits per heavy atom. The van der Waals surface area contributed by atoms with Gasteiger partial charge in [0.1, 0.15) is 17.2 Å². The molecule has 4 rings (SSSR count). The summed E-state index contributed by atoms with van der Waals surface area (Å²) < 4.78 is 35.5. The van der Waals surface area contributed by atoms with Gasteiger partial charge >= 0.3 is 12.1 Å². The average Bonchev–Trinajstić information content (AvgIpc) is 3.17. The topological polar surface area (TPSA) is 97.5 Å². The van der Waals surface area contributed by atoms with E-state index < -0.39 is 23.2 Å². The fourth-order valence-electron chi connectivity index (χ4n) is 3.88. The molecule has 8 nitrogen and oxygen atoms in total. The number of piperidine rings is 1. The number of carboxylic acids is 1. The number of ether oxygens (including phenoxy) is 1. The quantitative estimate of drug-likeness (QED) is 0.646. The van der Waals surface area contributed by atoms with E-state index in [1.54, 1.807) is 41.6 Å². The first-order valence-electron chi connectivity index (χ1n) is 10.3. The molecule has 1 aromatic heterocycles. The normalized spacial score (nSPS) is 14.8. The minimum atomic E-state index is -1.53. The molecule has 0 unspecified atom stereocenters. The van der Waals surface area contributed by atoms with Crippen LogP contribution in [0.15, 0.2) is 30.3 Å². The van der Waals surface area contributed by atoms with Crippen molar-refractivity contribution in [3.63, 3.8) is 0 Å². The first kappa shape index (κ1) is 21.7. The van der Waals surface area contributed by atoms with Crippen LogP contribution in [0.4, 0.5) is 13.6 Å². The molecule has 1 aliphatic rings. The van der Waals surface area contributed by atoms with Gasteiger partial charge in [0.15, 0.2) is 0 Å². The number of nitrogens with zero attached hydrogens (tertiary/aromatic N) is 4. The lowest BCUT2D eigenvalue weighted by Gasteiger charge is -2.31. The molecule has 3 aromatic rings. The van der Waals surface area contributed by atoms with E-state index in [4.69, 9.17) is 9.84 Å². The molecule has 2 heterocycles. The molecule has 2 aromatic carbocycles. The van der Waals surface area contributed by atoms with Crippen molar-refractivity contribution in [3.8, 4) is 11.1 Å². The second-order valence-corrected chi connectivity index (χ2v) is 8.01. The summed E-state index contributed by atoms with van der Waals surface area (Å²) in [6.07, 6.45) is 0.871. The molecule has 1 N–H and O–H groups in total. The van der Waals surface area contributed by atoms with Crippen molar-refractivity contribution in [1.82, 2.24) is 19.9 Å². The van der Waals surface area contributed by atoms with Crippen LogP contribution in [0.3, 0.4) is 0 Å². The molecule has 0 spiro atoms. The van der Waals surface area contributed by atoms with Gasteiger partial charge in [-0.05, 0) is 56.5 Å².